The number of carbonyl (C=O) groups excluding carboxylic acids is 1. The molecule has 2 aromatic rings. The van der Waals surface area contributed by atoms with Crippen LogP contribution in [-0.2, 0) is 0 Å². The number of aryl methyl sites for hydroxylation is 1. The largest absolute Gasteiger partial charge is 0.353 e. The minimum absolute atomic E-state index is 0.0960. The van der Waals surface area contributed by atoms with E-state index in [9.17, 15) is 4.79 Å². The summed E-state index contributed by atoms with van der Waals surface area (Å²) in [7, 11) is 0. The SMILES string of the molecule is Cc1cc(C(=O)NC2CC2)nc(N2CCN(c3ccccn3)CC2)n1. The van der Waals surface area contributed by atoms with Gasteiger partial charge in [0, 0.05) is 44.1 Å². The number of piperazine rings is 1. The second-order valence-corrected chi connectivity index (χ2v) is 6.60. The maximum atomic E-state index is 12.3. The predicted octanol–water partition coefficient (Wildman–Crippen LogP) is 1.40. The summed E-state index contributed by atoms with van der Waals surface area (Å²) < 4.78 is 0. The molecule has 1 N–H and O–H groups in total. The molecule has 0 spiro atoms. The van der Waals surface area contributed by atoms with Gasteiger partial charge in [0.25, 0.3) is 5.91 Å². The van der Waals surface area contributed by atoms with Gasteiger partial charge in [-0.15, -0.1) is 0 Å². The molecule has 2 aromatic heterocycles. The number of pyridine rings is 1. The molecule has 2 aliphatic rings. The van der Waals surface area contributed by atoms with Crippen LogP contribution in [0, 0.1) is 6.92 Å². The summed E-state index contributed by atoms with van der Waals surface area (Å²) in [6, 6.07) is 8.04. The molecule has 7 heteroatoms. The van der Waals surface area contributed by atoms with Gasteiger partial charge in [0.05, 0.1) is 0 Å². The molecule has 3 heterocycles. The van der Waals surface area contributed by atoms with Crippen LogP contribution in [0.1, 0.15) is 29.0 Å². The Kier molecular flexibility index (Phi) is 4.21. The van der Waals surface area contributed by atoms with Gasteiger partial charge in [-0.3, -0.25) is 4.79 Å². The summed E-state index contributed by atoms with van der Waals surface area (Å²) in [4.78, 5) is 30.1. The lowest BCUT2D eigenvalue weighted by molar-refractivity contribution is 0.0946. The third-order valence-electron chi connectivity index (χ3n) is 4.52. The summed E-state index contributed by atoms with van der Waals surface area (Å²) in [6.45, 7) is 5.24. The Labute approximate surface area is 147 Å². The van der Waals surface area contributed by atoms with E-state index in [1.807, 2.05) is 31.3 Å². The molecule has 1 amide bonds. The van der Waals surface area contributed by atoms with Crippen molar-refractivity contribution in [3.8, 4) is 0 Å². The van der Waals surface area contributed by atoms with Crippen molar-refractivity contribution in [3.05, 3.63) is 41.9 Å². The highest BCUT2D eigenvalue weighted by molar-refractivity contribution is 5.93. The van der Waals surface area contributed by atoms with E-state index in [4.69, 9.17) is 0 Å². The zero-order valence-corrected chi connectivity index (χ0v) is 14.4. The second kappa shape index (κ2) is 6.66. The topological polar surface area (TPSA) is 74.2 Å². The number of hydrogen-bond donors (Lipinski definition) is 1. The van der Waals surface area contributed by atoms with Gasteiger partial charge in [-0.2, -0.15) is 0 Å². The summed E-state index contributed by atoms with van der Waals surface area (Å²) in [6.07, 6.45) is 3.95. The molecule has 0 aromatic carbocycles. The predicted molar refractivity (Wildman–Crippen MR) is 95.9 cm³/mol. The lowest BCUT2D eigenvalue weighted by Crippen LogP contribution is -2.47. The van der Waals surface area contributed by atoms with Crippen LogP contribution in [0.15, 0.2) is 30.5 Å². The molecule has 1 saturated carbocycles. The van der Waals surface area contributed by atoms with Crippen molar-refractivity contribution in [3.63, 3.8) is 0 Å². The van der Waals surface area contributed by atoms with Crippen LogP contribution >= 0.6 is 0 Å². The number of anilines is 2. The van der Waals surface area contributed by atoms with Crippen molar-refractivity contribution >= 4 is 17.7 Å². The third kappa shape index (κ3) is 3.70. The molecule has 0 unspecified atom stereocenters. The van der Waals surface area contributed by atoms with Crippen LogP contribution in [0.2, 0.25) is 0 Å². The van der Waals surface area contributed by atoms with Gasteiger partial charge < -0.3 is 15.1 Å². The number of aromatic nitrogens is 3. The first kappa shape index (κ1) is 15.8. The minimum atomic E-state index is -0.0960. The highest BCUT2D eigenvalue weighted by Gasteiger charge is 2.26. The summed E-state index contributed by atoms with van der Waals surface area (Å²) >= 11 is 0. The van der Waals surface area contributed by atoms with Crippen molar-refractivity contribution in [1.82, 2.24) is 20.3 Å². The van der Waals surface area contributed by atoms with E-state index in [0.717, 1.165) is 50.5 Å². The minimum Gasteiger partial charge on any atom is -0.353 e. The average molecular weight is 338 g/mol. The van der Waals surface area contributed by atoms with Crippen LogP contribution in [0.25, 0.3) is 0 Å². The van der Waals surface area contributed by atoms with Gasteiger partial charge in [-0.05, 0) is 38.0 Å². The fraction of sp³-hybridized carbons (Fsp3) is 0.444. The number of nitrogens with one attached hydrogen (secondary N) is 1. The lowest BCUT2D eigenvalue weighted by atomic mass is 10.3. The Morgan fingerprint density at radius 1 is 1.12 bits per heavy atom. The van der Waals surface area contributed by atoms with Gasteiger partial charge >= 0.3 is 0 Å². The number of amides is 1. The van der Waals surface area contributed by atoms with Gasteiger partial charge in [0.1, 0.15) is 11.5 Å². The zero-order chi connectivity index (χ0) is 17.2. The lowest BCUT2D eigenvalue weighted by Gasteiger charge is -2.35. The zero-order valence-electron chi connectivity index (χ0n) is 14.4. The average Bonchev–Trinajstić information content (AvgIpc) is 3.46. The highest BCUT2D eigenvalue weighted by atomic mass is 16.2. The molecule has 0 bridgehead atoms. The maximum absolute atomic E-state index is 12.3. The number of hydrogen-bond acceptors (Lipinski definition) is 6. The molecule has 0 atom stereocenters. The molecule has 1 aliphatic carbocycles. The molecule has 1 aliphatic heterocycles. The van der Waals surface area contributed by atoms with Crippen LogP contribution in [0.5, 0.6) is 0 Å². The van der Waals surface area contributed by atoms with Gasteiger partial charge in [0.15, 0.2) is 0 Å². The summed E-state index contributed by atoms with van der Waals surface area (Å²) in [5.41, 5.74) is 1.28. The fourth-order valence-electron chi connectivity index (χ4n) is 2.97. The van der Waals surface area contributed by atoms with Crippen molar-refractivity contribution in [1.29, 1.82) is 0 Å². The third-order valence-corrected chi connectivity index (χ3v) is 4.52. The molecule has 4 rings (SSSR count). The fourth-order valence-corrected chi connectivity index (χ4v) is 2.97. The van der Waals surface area contributed by atoms with Crippen molar-refractivity contribution in [2.24, 2.45) is 0 Å². The molecule has 130 valence electrons. The van der Waals surface area contributed by atoms with Crippen LogP contribution in [0.3, 0.4) is 0 Å². The van der Waals surface area contributed by atoms with E-state index in [2.05, 4.69) is 30.1 Å². The Hall–Kier alpha value is -2.70. The Morgan fingerprint density at radius 2 is 1.88 bits per heavy atom. The molecule has 0 radical (unpaired) electrons. The summed E-state index contributed by atoms with van der Waals surface area (Å²) in [5, 5.41) is 2.99. The van der Waals surface area contributed by atoms with E-state index < -0.39 is 0 Å². The smallest absolute Gasteiger partial charge is 0.270 e. The molecular formula is C18H22N6O. The van der Waals surface area contributed by atoms with E-state index in [-0.39, 0.29) is 5.91 Å². The van der Waals surface area contributed by atoms with Gasteiger partial charge in [-0.25, -0.2) is 15.0 Å². The molecular weight excluding hydrogens is 316 g/mol. The van der Waals surface area contributed by atoms with E-state index in [0.29, 0.717) is 17.7 Å². The van der Waals surface area contributed by atoms with Crippen molar-refractivity contribution in [2.45, 2.75) is 25.8 Å². The van der Waals surface area contributed by atoms with Crippen LogP contribution in [-0.4, -0.2) is 53.1 Å². The first-order valence-corrected chi connectivity index (χ1v) is 8.76. The monoisotopic (exact) mass is 338 g/mol. The summed E-state index contributed by atoms with van der Waals surface area (Å²) in [5.74, 6) is 1.54. The molecule has 2 fully saturated rings. The number of carbonyl (C=O) groups is 1. The number of rotatable bonds is 4. The quantitative estimate of drug-likeness (QED) is 0.908. The maximum Gasteiger partial charge on any atom is 0.270 e. The van der Waals surface area contributed by atoms with E-state index in [1.165, 1.54) is 0 Å². The first-order chi connectivity index (χ1) is 12.2. The number of nitrogens with zero attached hydrogens (tertiary/aromatic N) is 5. The molecule has 1 saturated heterocycles. The normalized spacial score (nSPS) is 17.5. The standard InChI is InChI=1S/C18H22N6O/c1-13-12-15(17(25)21-14-5-6-14)22-18(20-13)24-10-8-23(9-11-24)16-4-2-3-7-19-16/h2-4,7,12,14H,5-6,8-11H2,1H3,(H,21,25). The van der Waals surface area contributed by atoms with Gasteiger partial charge in [-0.1, -0.05) is 6.07 Å². The Balaban J connectivity index is 1.45. The van der Waals surface area contributed by atoms with Gasteiger partial charge in [0.2, 0.25) is 5.95 Å². The van der Waals surface area contributed by atoms with Crippen molar-refractivity contribution in [2.75, 3.05) is 36.0 Å². The van der Waals surface area contributed by atoms with Crippen LogP contribution < -0.4 is 15.1 Å². The molecule has 7 nitrogen and oxygen atoms in total. The Morgan fingerprint density at radius 3 is 2.56 bits per heavy atom. The highest BCUT2D eigenvalue weighted by Crippen LogP contribution is 2.20. The first-order valence-electron chi connectivity index (χ1n) is 8.76. The van der Waals surface area contributed by atoms with E-state index >= 15 is 0 Å². The van der Waals surface area contributed by atoms with Crippen molar-refractivity contribution < 1.29 is 4.79 Å². The second-order valence-electron chi connectivity index (χ2n) is 6.60. The van der Waals surface area contributed by atoms with Crippen LogP contribution in [0.4, 0.5) is 11.8 Å². The molecule has 25 heavy (non-hydrogen) atoms. The van der Waals surface area contributed by atoms with E-state index in [1.54, 1.807) is 6.07 Å². The Bertz CT molecular complexity index is 753.